The van der Waals surface area contributed by atoms with Crippen LogP contribution >= 0.6 is 11.6 Å². The summed E-state index contributed by atoms with van der Waals surface area (Å²) in [7, 11) is 0. The number of phenols is 1. The lowest BCUT2D eigenvalue weighted by Gasteiger charge is -2.13. The van der Waals surface area contributed by atoms with Crippen LogP contribution in [0.3, 0.4) is 0 Å². The van der Waals surface area contributed by atoms with Crippen molar-refractivity contribution in [1.29, 1.82) is 0 Å². The Bertz CT molecular complexity index is 871. The maximum atomic E-state index is 9.48. The minimum atomic E-state index is 0.106. The number of pyridine rings is 1. The molecule has 0 saturated heterocycles. The summed E-state index contributed by atoms with van der Waals surface area (Å²) in [4.78, 5) is 13.3. The van der Waals surface area contributed by atoms with Crippen LogP contribution in [0.4, 0.5) is 17.5 Å². The monoisotopic (exact) mass is 355 g/mol. The predicted octanol–water partition coefficient (Wildman–Crippen LogP) is 4.46. The van der Waals surface area contributed by atoms with Gasteiger partial charge in [-0.25, -0.2) is 4.98 Å². The number of aromatic hydroxyl groups is 1. The second-order valence-corrected chi connectivity index (χ2v) is 6.17. The van der Waals surface area contributed by atoms with E-state index in [0.29, 0.717) is 28.2 Å². The fourth-order valence-corrected chi connectivity index (χ4v) is 2.44. The molecule has 128 valence electrons. The summed E-state index contributed by atoms with van der Waals surface area (Å²) in [5.74, 6) is 1.18. The summed E-state index contributed by atoms with van der Waals surface area (Å²) in [5, 5.41) is 16.2. The van der Waals surface area contributed by atoms with Gasteiger partial charge in [0.25, 0.3) is 0 Å². The highest BCUT2D eigenvalue weighted by Gasteiger charge is 2.10. The fraction of sp³-hybridized carbons (Fsp3) is 0.167. The molecule has 0 unspecified atom stereocenters. The van der Waals surface area contributed by atoms with Crippen molar-refractivity contribution in [2.75, 3.05) is 10.6 Å². The van der Waals surface area contributed by atoms with Gasteiger partial charge in [0.05, 0.1) is 22.1 Å². The first-order chi connectivity index (χ1) is 12.0. The van der Waals surface area contributed by atoms with Crippen molar-refractivity contribution in [3.8, 4) is 17.1 Å². The van der Waals surface area contributed by atoms with Crippen molar-refractivity contribution in [1.82, 2.24) is 15.0 Å². The number of halogens is 1. The largest absolute Gasteiger partial charge is 0.508 e. The van der Waals surface area contributed by atoms with E-state index in [0.717, 1.165) is 5.69 Å². The Hall–Kier alpha value is -2.86. The van der Waals surface area contributed by atoms with Gasteiger partial charge in [0, 0.05) is 24.4 Å². The lowest BCUT2D eigenvalue weighted by atomic mass is 10.2. The summed E-state index contributed by atoms with van der Waals surface area (Å²) < 4.78 is 0. The maximum absolute atomic E-state index is 9.48. The molecule has 0 bridgehead atoms. The summed E-state index contributed by atoms with van der Waals surface area (Å²) >= 11 is 6.17. The van der Waals surface area contributed by atoms with Gasteiger partial charge in [-0.1, -0.05) is 17.7 Å². The smallest absolute Gasteiger partial charge is 0.225 e. The van der Waals surface area contributed by atoms with Crippen LogP contribution in [0.1, 0.15) is 13.8 Å². The van der Waals surface area contributed by atoms with Crippen LogP contribution in [0.5, 0.6) is 5.75 Å². The normalized spacial score (nSPS) is 10.7. The van der Waals surface area contributed by atoms with Crippen LogP contribution in [-0.4, -0.2) is 26.1 Å². The number of anilines is 3. The van der Waals surface area contributed by atoms with Crippen LogP contribution in [-0.2, 0) is 0 Å². The number of hydrogen-bond donors (Lipinski definition) is 3. The third-order valence-corrected chi connectivity index (χ3v) is 3.60. The zero-order chi connectivity index (χ0) is 17.8. The van der Waals surface area contributed by atoms with Gasteiger partial charge in [0.2, 0.25) is 5.95 Å². The van der Waals surface area contributed by atoms with E-state index in [4.69, 9.17) is 11.6 Å². The molecule has 25 heavy (non-hydrogen) atoms. The molecular formula is C18H18ClN5O. The van der Waals surface area contributed by atoms with E-state index in [1.807, 2.05) is 32.0 Å². The summed E-state index contributed by atoms with van der Waals surface area (Å²) in [5.41, 5.74) is 2.08. The van der Waals surface area contributed by atoms with Gasteiger partial charge in [0.1, 0.15) is 11.6 Å². The van der Waals surface area contributed by atoms with E-state index in [2.05, 4.69) is 25.6 Å². The van der Waals surface area contributed by atoms with E-state index >= 15 is 0 Å². The molecule has 3 rings (SSSR count). The van der Waals surface area contributed by atoms with Crippen molar-refractivity contribution in [3.63, 3.8) is 0 Å². The van der Waals surface area contributed by atoms with E-state index in [1.165, 1.54) is 6.07 Å². The molecule has 0 aliphatic rings. The van der Waals surface area contributed by atoms with Crippen LogP contribution in [0.25, 0.3) is 11.4 Å². The van der Waals surface area contributed by atoms with Gasteiger partial charge in [-0.15, -0.1) is 0 Å². The van der Waals surface area contributed by atoms with E-state index in [-0.39, 0.29) is 11.8 Å². The highest BCUT2D eigenvalue weighted by Crippen LogP contribution is 2.29. The predicted molar refractivity (Wildman–Crippen MR) is 100 cm³/mol. The van der Waals surface area contributed by atoms with Gasteiger partial charge in [-0.3, -0.25) is 4.98 Å². The summed E-state index contributed by atoms with van der Waals surface area (Å²) in [6.45, 7) is 4.03. The number of phenolic OH excluding ortho intramolecular Hbond substituents is 1. The first-order valence-electron chi connectivity index (χ1n) is 7.84. The Labute approximate surface area is 150 Å². The number of benzene rings is 1. The Morgan fingerprint density at radius 3 is 2.56 bits per heavy atom. The molecule has 0 atom stereocenters. The molecule has 0 fully saturated rings. The zero-order valence-corrected chi connectivity index (χ0v) is 14.6. The number of rotatable bonds is 5. The van der Waals surface area contributed by atoms with Crippen molar-refractivity contribution in [3.05, 3.63) is 53.7 Å². The van der Waals surface area contributed by atoms with Crippen molar-refractivity contribution < 1.29 is 5.11 Å². The molecule has 3 aromatic rings. The van der Waals surface area contributed by atoms with E-state index in [1.54, 1.807) is 24.4 Å². The third kappa shape index (κ3) is 4.36. The third-order valence-electron chi connectivity index (χ3n) is 3.29. The molecule has 0 radical (unpaired) electrons. The minimum absolute atomic E-state index is 0.106. The SMILES string of the molecule is CC(C)Nc1nc(Nc2ccc(O)cc2Cl)cc(-c2ccccn2)n1. The van der Waals surface area contributed by atoms with Crippen LogP contribution in [0.15, 0.2) is 48.7 Å². The van der Waals surface area contributed by atoms with Crippen LogP contribution in [0, 0.1) is 0 Å². The molecule has 0 aliphatic heterocycles. The quantitative estimate of drug-likeness (QED) is 0.586. The fourth-order valence-electron chi connectivity index (χ4n) is 2.22. The molecule has 2 heterocycles. The molecule has 2 aromatic heterocycles. The molecule has 7 heteroatoms. The van der Waals surface area contributed by atoms with Gasteiger partial charge < -0.3 is 15.7 Å². The first-order valence-corrected chi connectivity index (χ1v) is 8.21. The molecule has 0 aliphatic carbocycles. The molecule has 6 nitrogen and oxygen atoms in total. The van der Waals surface area contributed by atoms with Crippen LogP contribution in [0.2, 0.25) is 5.02 Å². The van der Waals surface area contributed by atoms with Gasteiger partial charge in [-0.2, -0.15) is 4.98 Å². The Morgan fingerprint density at radius 2 is 1.88 bits per heavy atom. The molecule has 3 N–H and O–H groups in total. The second-order valence-electron chi connectivity index (χ2n) is 5.77. The summed E-state index contributed by atoms with van der Waals surface area (Å²) in [6, 6.07) is 12.4. The Balaban J connectivity index is 2.00. The number of nitrogens with one attached hydrogen (secondary N) is 2. The molecular weight excluding hydrogens is 338 g/mol. The van der Waals surface area contributed by atoms with E-state index in [9.17, 15) is 5.11 Å². The highest BCUT2D eigenvalue weighted by atomic mass is 35.5. The summed E-state index contributed by atoms with van der Waals surface area (Å²) in [6.07, 6.45) is 1.72. The topological polar surface area (TPSA) is 83.0 Å². The highest BCUT2D eigenvalue weighted by molar-refractivity contribution is 6.33. The first kappa shape index (κ1) is 17.0. The number of hydrogen-bond acceptors (Lipinski definition) is 6. The Kier molecular flexibility index (Phi) is 5.00. The molecule has 1 aromatic carbocycles. The lowest BCUT2D eigenvalue weighted by molar-refractivity contribution is 0.475. The number of aromatic nitrogens is 3. The van der Waals surface area contributed by atoms with Crippen molar-refractivity contribution >= 4 is 29.1 Å². The van der Waals surface area contributed by atoms with Crippen LogP contribution < -0.4 is 10.6 Å². The lowest BCUT2D eigenvalue weighted by Crippen LogP contribution is -2.13. The number of nitrogens with zero attached hydrogens (tertiary/aromatic N) is 3. The van der Waals surface area contributed by atoms with Crippen molar-refractivity contribution in [2.24, 2.45) is 0 Å². The van der Waals surface area contributed by atoms with Gasteiger partial charge in [-0.05, 0) is 38.1 Å². The van der Waals surface area contributed by atoms with Gasteiger partial charge >= 0.3 is 0 Å². The molecule has 0 saturated carbocycles. The average Bonchev–Trinajstić information content (AvgIpc) is 2.57. The average molecular weight is 356 g/mol. The van der Waals surface area contributed by atoms with Crippen molar-refractivity contribution in [2.45, 2.75) is 19.9 Å². The molecule has 0 amide bonds. The van der Waals surface area contributed by atoms with E-state index < -0.39 is 0 Å². The zero-order valence-electron chi connectivity index (χ0n) is 13.9. The minimum Gasteiger partial charge on any atom is -0.508 e. The Morgan fingerprint density at radius 1 is 1.04 bits per heavy atom. The second kappa shape index (κ2) is 7.36. The van der Waals surface area contributed by atoms with Gasteiger partial charge in [0.15, 0.2) is 0 Å². The molecule has 0 spiro atoms. The maximum Gasteiger partial charge on any atom is 0.225 e. The standard InChI is InChI=1S/C18H18ClN5O/c1-11(2)21-18-23-16(15-5-3-4-8-20-15)10-17(24-18)22-14-7-6-12(25)9-13(14)19/h3-11,25H,1-2H3,(H2,21,22,23,24).